The van der Waals surface area contributed by atoms with Crippen molar-refractivity contribution in [2.75, 3.05) is 18.0 Å². The highest BCUT2D eigenvalue weighted by Crippen LogP contribution is 2.30. The number of nitro benzene ring substituents is 1. The summed E-state index contributed by atoms with van der Waals surface area (Å²) in [7, 11) is 0. The number of non-ortho nitro benzene ring substituents is 1. The Bertz CT molecular complexity index is 434. The van der Waals surface area contributed by atoms with Crippen molar-refractivity contribution in [3.63, 3.8) is 0 Å². The van der Waals surface area contributed by atoms with Gasteiger partial charge in [0, 0.05) is 37.0 Å². The molecule has 92 valence electrons. The van der Waals surface area contributed by atoms with E-state index in [0.29, 0.717) is 12.6 Å². The first-order valence-electron chi connectivity index (χ1n) is 5.85. The fourth-order valence-electron chi connectivity index (χ4n) is 2.47. The molecule has 1 heterocycles. The molecule has 0 amide bonds. The Labute approximate surface area is 100 Å². The monoisotopic (exact) mass is 235 g/mol. The summed E-state index contributed by atoms with van der Waals surface area (Å²) in [5.41, 5.74) is 7.90. The molecular formula is C12H17N3O2. The Balaban J connectivity index is 2.30. The van der Waals surface area contributed by atoms with Crippen LogP contribution in [0, 0.1) is 17.0 Å². The van der Waals surface area contributed by atoms with Crippen molar-refractivity contribution in [3.05, 3.63) is 33.9 Å². The maximum absolute atomic E-state index is 10.7. The van der Waals surface area contributed by atoms with Gasteiger partial charge in [-0.1, -0.05) is 0 Å². The number of nitrogens with zero attached hydrogens (tertiary/aromatic N) is 2. The van der Waals surface area contributed by atoms with Gasteiger partial charge in [0.05, 0.1) is 4.92 Å². The van der Waals surface area contributed by atoms with Crippen molar-refractivity contribution in [3.8, 4) is 0 Å². The molecule has 1 aliphatic heterocycles. The van der Waals surface area contributed by atoms with Gasteiger partial charge in [0.15, 0.2) is 0 Å². The average molecular weight is 235 g/mol. The van der Waals surface area contributed by atoms with Gasteiger partial charge in [0.25, 0.3) is 5.69 Å². The van der Waals surface area contributed by atoms with Crippen LogP contribution in [-0.4, -0.2) is 24.1 Å². The number of rotatable bonds is 3. The van der Waals surface area contributed by atoms with Gasteiger partial charge in [-0.05, 0) is 31.4 Å². The molecule has 1 unspecified atom stereocenters. The number of hydrogen-bond acceptors (Lipinski definition) is 4. The lowest BCUT2D eigenvalue weighted by Crippen LogP contribution is -2.35. The van der Waals surface area contributed by atoms with Crippen molar-refractivity contribution < 1.29 is 4.92 Å². The zero-order valence-corrected chi connectivity index (χ0v) is 9.93. The second-order valence-electron chi connectivity index (χ2n) is 4.45. The van der Waals surface area contributed by atoms with Crippen LogP contribution in [0.15, 0.2) is 18.2 Å². The highest BCUT2D eigenvalue weighted by Gasteiger charge is 2.25. The van der Waals surface area contributed by atoms with Crippen LogP contribution in [0.5, 0.6) is 0 Å². The van der Waals surface area contributed by atoms with E-state index in [4.69, 9.17) is 5.73 Å². The molecule has 0 spiro atoms. The van der Waals surface area contributed by atoms with E-state index in [1.165, 1.54) is 0 Å². The van der Waals surface area contributed by atoms with E-state index in [1.54, 1.807) is 12.1 Å². The molecule has 2 N–H and O–H groups in total. The van der Waals surface area contributed by atoms with Crippen molar-refractivity contribution in [1.29, 1.82) is 0 Å². The molecule has 1 aromatic rings. The van der Waals surface area contributed by atoms with E-state index in [9.17, 15) is 10.1 Å². The lowest BCUT2D eigenvalue weighted by molar-refractivity contribution is -0.384. The number of anilines is 1. The number of hydrogen-bond donors (Lipinski definition) is 1. The zero-order chi connectivity index (χ0) is 12.4. The number of aryl methyl sites for hydroxylation is 1. The second kappa shape index (κ2) is 4.71. The molecule has 1 atom stereocenters. The van der Waals surface area contributed by atoms with Gasteiger partial charge >= 0.3 is 0 Å². The van der Waals surface area contributed by atoms with E-state index in [-0.39, 0.29) is 10.6 Å². The molecule has 0 radical (unpaired) electrons. The highest BCUT2D eigenvalue weighted by atomic mass is 16.6. The van der Waals surface area contributed by atoms with E-state index in [1.807, 2.05) is 13.0 Å². The predicted molar refractivity (Wildman–Crippen MR) is 67.3 cm³/mol. The number of nitro groups is 1. The van der Waals surface area contributed by atoms with Crippen LogP contribution in [0.4, 0.5) is 11.4 Å². The summed E-state index contributed by atoms with van der Waals surface area (Å²) in [4.78, 5) is 12.6. The smallest absolute Gasteiger partial charge is 0.269 e. The summed E-state index contributed by atoms with van der Waals surface area (Å²) < 4.78 is 0. The Kier molecular flexibility index (Phi) is 3.28. The molecule has 0 saturated carbocycles. The second-order valence-corrected chi connectivity index (χ2v) is 4.45. The lowest BCUT2D eigenvalue weighted by atomic mass is 10.1. The number of nitrogens with two attached hydrogens (primary N) is 1. The molecule has 1 aliphatic rings. The van der Waals surface area contributed by atoms with E-state index < -0.39 is 0 Å². The molecule has 0 aromatic heterocycles. The van der Waals surface area contributed by atoms with Crippen LogP contribution in [-0.2, 0) is 0 Å². The van der Waals surface area contributed by atoms with Crippen LogP contribution in [0.1, 0.15) is 18.4 Å². The van der Waals surface area contributed by atoms with Gasteiger partial charge in [-0.3, -0.25) is 10.1 Å². The molecular weight excluding hydrogens is 218 g/mol. The largest absolute Gasteiger partial charge is 0.367 e. The van der Waals surface area contributed by atoms with Crippen molar-refractivity contribution >= 4 is 11.4 Å². The molecule has 5 nitrogen and oxygen atoms in total. The maximum Gasteiger partial charge on any atom is 0.269 e. The first-order chi connectivity index (χ1) is 8.13. The molecule has 1 fully saturated rings. The third kappa shape index (κ3) is 2.24. The van der Waals surface area contributed by atoms with Crippen LogP contribution >= 0.6 is 0 Å². The maximum atomic E-state index is 10.7. The molecule has 0 aliphatic carbocycles. The lowest BCUT2D eigenvalue weighted by Gasteiger charge is -2.27. The SMILES string of the molecule is Cc1cc([N+](=O)[O-])ccc1N1CCCC1CN. The van der Waals surface area contributed by atoms with Gasteiger partial charge in [-0.25, -0.2) is 0 Å². The van der Waals surface area contributed by atoms with Crippen LogP contribution in [0.25, 0.3) is 0 Å². The number of benzene rings is 1. The van der Waals surface area contributed by atoms with E-state index in [0.717, 1.165) is 30.6 Å². The molecule has 17 heavy (non-hydrogen) atoms. The standard InChI is InChI=1S/C12H17N3O2/c1-9-7-10(15(16)17)4-5-12(9)14-6-2-3-11(14)8-13/h4-5,7,11H,2-3,6,8,13H2,1H3. The summed E-state index contributed by atoms with van der Waals surface area (Å²) in [6.45, 7) is 3.53. The summed E-state index contributed by atoms with van der Waals surface area (Å²) in [6, 6.07) is 5.40. The van der Waals surface area contributed by atoms with Crippen LogP contribution < -0.4 is 10.6 Å². The molecule has 1 aromatic carbocycles. The summed E-state index contributed by atoms with van der Waals surface area (Å²) in [6.07, 6.45) is 2.24. The minimum Gasteiger partial charge on any atom is -0.367 e. The molecule has 0 bridgehead atoms. The van der Waals surface area contributed by atoms with Gasteiger partial charge in [-0.2, -0.15) is 0 Å². The van der Waals surface area contributed by atoms with Gasteiger partial charge in [0.2, 0.25) is 0 Å². The van der Waals surface area contributed by atoms with Gasteiger partial charge in [-0.15, -0.1) is 0 Å². The fourth-order valence-corrected chi connectivity index (χ4v) is 2.47. The Morgan fingerprint density at radius 2 is 2.35 bits per heavy atom. The average Bonchev–Trinajstić information content (AvgIpc) is 2.76. The van der Waals surface area contributed by atoms with Crippen LogP contribution in [0.2, 0.25) is 0 Å². The minimum atomic E-state index is -0.360. The first-order valence-corrected chi connectivity index (χ1v) is 5.85. The molecule has 1 saturated heterocycles. The third-order valence-electron chi connectivity index (χ3n) is 3.35. The Hall–Kier alpha value is -1.62. The zero-order valence-electron chi connectivity index (χ0n) is 9.93. The fraction of sp³-hybridized carbons (Fsp3) is 0.500. The Morgan fingerprint density at radius 1 is 1.59 bits per heavy atom. The van der Waals surface area contributed by atoms with E-state index >= 15 is 0 Å². The van der Waals surface area contributed by atoms with Crippen molar-refractivity contribution in [2.45, 2.75) is 25.8 Å². The van der Waals surface area contributed by atoms with Crippen molar-refractivity contribution in [1.82, 2.24) is 0 Å². The normalized spacial score (nSPS) is 19.6. The highest BCUT2D eigenvalue weighted by molar-refractivity contribution is 5.58. The van der Waals surface area contributed by atoms with Crippen LogP contribution in [0.3, 0.4) is 0 Å². The molecule has 2 rings (SSSR count). The predicted octanol–water partition coefficient (Wildman–Crippen LogP) is 1.83. The quantitative estimate of drug-likeness (QED) is 0.640. The minimum absolute atomic E-state index is 0.148. The summed E-state index contributed by atoms with van der Waals surface area (Å²) in [5, 5.41) is 10.7. The van der Waals surface area contributed by atoms with Gasteiger partial charge < -0.3 is 10.6 Å². The van der Waals surface area contributed by atoms with Crippen molar-refractivity contribution in [2.24, 2.45) is 5.73 Å². The molecule has 5 heteroatoms. The van der Waals surface area contributed by atoms with Gasteiger partial charge in [0.1, 0.15) is 0 Å². The summed E-state index contributed by atoms with van der Waals surface area (Å²) >= 11 is 0. The first kappa shape index (κ1) is 11.9. The topological polar surface area (TPSA) is 72.4 Å². The Morgan fingerprint density at radius 3 is 2.94 bits per heavy atom. The van der Waals surface area contributed by atoms with E-state index in [2.05, 4.69) is 4.90 Å². The third-order valence-corrected chi connectivity index (χ3v) is 3.35. The summed E-state index contributed by atoms with van der Waals surface area (Å²) in [5.74, 6) is 0.